The number of amides is 3. The summed E-state index contributed by atoms with van der Waals surface area (Å²) in [6, 6.07) is 6.21. The molecule has 0 saturated carbocycles. The Balaban J connectivity index is 1.84. The molecule has 3 N–H and O–H groups in total. The van der Waals surface area contributed by atoms with E-state index in [2.05, 4.69) is 10.6 Å². The number of hydrogen-bond donors (Lipinski definition) is 3. The summed E-state index contributed by atoms with van der Waals surface area (Å²) in [5.74, 6) is 0.403. The van der Waals surface area contributed by atoms with Crippen molar-refractivity contribution in [2.45, 2.75) is 24.3 Å². The number of halogens is 1. The van der Waals surface area contributed by atoms with Crippen LogP contribution >= 0.6 is 11.6 Å². The quantitative estimate of drug-likeness (QED) is 0.533. The zero-order valence-electron chi connectivity index (χ0n) is 18.2. The molecular weight excluding hydrogens is 474 g/mol. The summed E-state index contributed by atoms with van der Waals surface area (Å²) in [6.07, 6.45) is 0.289. The Hall–Kier alpha value is -3.18. The molecule has 0 saturated heterocycles. The number of sulfonamides is 1. The van der Waals surface area contributed by atoms with Crippen LogP contribution < -0.4 is 29.6 Å². The smallest absolute Gasteiger partial charge is 0.328 e. The van der Waals surface area contributed by atoms with Crippen LogP contribution in [0.1, 0.15) is 22.8 Å². The van der Waals surface area contributed by atoms with Crippen LogP contribution in [0.3, 0.4) is 0 Å². The molecule has 3 rings (SSSR count). The number of carbonyl (C=O) groups is 2. The molecule has 2 aromatic carbocycles. The number of benzene rings is 2. The van der Waals surface area contributed by atoms with Crippen molar-refractivity contribution in [3.05, 3.63) is 46.5 Å². The van der Waals surface area contributed by atoms with Gasteiger partial charge in [-0.1, -0.05) is 11.6 Å². The van der Waals surface area contributed by atoms with E-state index in [-0.39, 0.29) is 35.8 Å². The summed E-state index contributed by atoms with van der Waals surface area (Å²) in [6.45, 7) is 2.08. The van der Waals surface area contributed by atoms with Gasteiger partial charge >= 0.3 is 6.03 Å². The van der Waals surface area contributed by atoms with Crippen LogP contribution in [-0.4, -0.2) is 53.8 Å². The Morgan fingerprint density at radius 2 is 1.88 bits per heavy atom. The lowest BCUT2D eigenvalue weighted by molar-refractivity contribution is 0.0912. The standard InChI is InChI=1S/C21H24ClN3O7S/c1-4-23-21(27)25-33(28,29)19-8-12-7-14(11-32-17(12)10-18(19)31-3)24-20(26)15-9-13(22)5-6-16(15)30-2/h5-6,8-10,14H,4,7,11H2,1-3H3,(H,24,26)(H2,23,25,27). The average molecular weight is 498 g/mol. The number of nitrogens with one attached hydrogen (secondary N) is 3. The van der Waals surface area contributed by atoms with Crippen LogP contribution in [0, 0.1) is 0 Å². The van der Waals surface area contributed by atoms with Crippen molar-refractivity contribution in [3.63, 3.8) is 0 Å². The van der Waals surface area contributed by atoms with E-state index in [1.165, 1.54) is 32.4 Å². The summed E-state index contributed by atoms with van der Waals surface area (Å²) in [4.78, 5) is 24.3. The molecule has 0 fully saturated rings. The first-order chi connectivity index (χ1) is 15.7. The maximum atomic E-state index is 12.8. The minimum absolute atomic E-state index is 0.0247. The second-order valence-corrected chi connectivity index (χ2v) is 9.19. The fraction of sp³-hybridized carbons (Fsp3) is 0.333. The number of urea groups is 1. The molecule has 3 amide bonds. The zero-order valence-corrected chi connectivity index (χ0v) is 19.8. The fourth-order valence-electron chi connectivity index (χ4n) is 3.35. The van der Waals surface area contributed by atoms with E-state index in [0.717, 1.165) is 0 Å². The van der Waals surface area contributed by atoms with Gasteiger partial charge < -0.3 is 24.8 Å². The van der Waals surface area contributed by atoms with Crippen LogP contribution in [0.5, 0.6) is 17.2 Å². The molecule has 0 spiro atoms. The maximum absolute atomic E-state index is 12.8. The Morgan fingerprint density at radius 3 is 2.55 bits per heavy atom. The van der Waals surface area contributed by atoms with Gasteiger partial charge in [0, 0.05) is 17.6 Å². The van der Waals surface area contributed by atoms with Gasteiger partial charge in [-0.15, -0.1) is 0 Å². The topological polar surface area (TPSA) is 132 Å². The van der Waals surface area contributed by atoms with E-state index in [9.17, 15) is 18.0 Å². The third kappa shape index (κ3) is 5.60. The molecular formula is C21H24ClN3O7S. The van der Waals surface area contributed by atoms with E-state index in [1.807, 2.05) is 4.72 Å². The summed E-state index contributed by atoms with van der Waals surface area (Å²) < 4.78 is 43.6. The Labute approximate surface area is 196 Å². The Kier molecular flexibility index (Phi) is 7.54. The second kappa shape index (κ2) is 10.2. The van der Waals surface area contributed by atoms with Crippen molar-refractivity contribution in [3.8, 4) is 17.2 Å². The van der Waals surface area contributed by atoms with Gasteiger partial charge in [0.1, 0.15) is 28.8 Å². The number of ether oxygens (including phenoxy) is 3. The van der Waals surface area contributed by atoms with Crippen LogP contribution in [0.25, 0.3) is 0 Å². The number of fused-ring (bicyclic) bond motifs is 1. The largest absolute Gasteiger partial charge is 0.496 e. The van der Waals surface area contributed by atoms with Gasteiger partial charge in [-0.3, -0.25) is 4.79 Å². The SMILES string of the molecule is CCNC(=O)NS(=O)(=O)c1cc2c(cc1OC)OCC(NC(=O)c1cc(Cl)ccc1OC)C2. The molecule has 33 heavy (non-hydrogen) atoms. The first-order valence-electron chi connectivity index (χ1n) is 9.97. The van der Waals surface area contributed by atoms with E-state index < -0.39 is 28.0 Å². The highest BCUT2D eigenvalue weighted by atomic mass is 35.5. The zero-order chi connectivity index (χ0) is 24.2. The first-order valence-corrected chi connectivity index (χ1v) is 11.8. The van der Waals surface area contributed by atoms with Crippen molar-refractivity contribution in [1.29, 1.82) is 0 Å². The third-order valence-corrected chi connectivity index (χ3v) is 6.44. The summed E-state index contributed by atoms with van der Waals surface area (Å²) in [5, 5.41) is 5.60. The summed E-state index contributed by atoms with van der Waals surface area (Å²) in [7, 11) is -1.45. The van der Waals surface area contributed by atoms with E-state index >= 15 is 0 Å². The van der Waals surface area contributed by atoms with Crippen molar-refractivity contribution in [1.82, 2.24) is 15.4 Å². The molecule has 178 valence electrons. The van der Waals surface area contributed by atoms with Crippen molar-refractivity contribution < 1.29 is 32.2 Å². The van der Waals surface area contributed by atoms with Gasteiger partial charge in [0.2, 0.25) is 0 Å². The van der Waals surface area contributed by atoms with Gasteiger partial charge in [-0.2, -0.15) is 0 Å². The van der Waals surface area contributed by atoms with Crippen LogP contribution in [0.2, 0.25) is 5.02 Å². The lowest BCUT2D eigenvalue weighted by Crippen LogP contribution is -2.43. The number of hydrogen-bond acceptors (Lipinski definition) is 7. The van der Waals surface area contributed by atoms with E-state index in [0.29, 0.717) is 22.1 Å². The molecule has 0 aromatic heterocycles. The number of methoxy groups -OCH3 is 2. The molecule has 0 radical (unpaired) electrons. The second-order valence-electron chi connectivity index (χ2n) is 7.11. The fourth-order valence-corrected chi connectivity index (χ4v) is 4.65. The highest BCUT2D eigenvalue weighted by molar-refractivity contribution is 7.90. The van der Waals surface area contributed by atoms with Crippen molar-refractivity contribution in [2.75, 3.05) is 27.4 Å². The molecule has 0 aliphatic carbocycles. The molecule has 1 aliphatic heterocycles. The third-order valence-electron chi connectivity index (χ3n) is 4.85. The normalized spacial score (nSPS) is 15.0. The van der Waals surface area contributed by atoms with Gasteiger partial charge in [0.15, 0.2) is 0 Å². The van der Waals surface area contributed by atoms with Crippen LogP contribution in [0.4, 0.5) is 4.79 Å². The summed E-state index contributed by atoms with van der Waals surface area (Å²) >= 11 is 6.01. The first kappa shape index (κ1) is 24.5. The molecule has 1 aliphatic rings. The van der Waals surface area contributed by atoms with Crippen LogP contribution in [-0.2, 0) is 16.4 Å². The number of rotatable bonds is 7. The predicted molar refractivity (Wildman–Crippen MR) is 121 cm³/mol. The van der Waals surface area contributed by atoms with E-state index in [1.54, 1.807) is 19.1 Å². The van der Waals surface area contributed by atoms with Gasteiger partial charge in [-0.05, 0) is 43.2 Å². The predicted octanol–water partition coefficient (Wildman–Crippen LogP) is 2.10. The van der Waals surface area contributed by atoms with Crippen molar-refractivity contribution in [2.24, 2.45) is 0 Å². The number of carbonyl (C=O) groups excluding carboxylic acids is 2. The average Bonchev–Trinajstić information content (AvgIpc) is 2.77. The summed E-state index contributed by atoms with van der Waals surface area (Å²) in [5.41, 5.74) is 0.793. The minimum Gasteiger partial charge on any atom is -0.496 e. The minimum atomic E-state index is -4.22. The molecule has 1 atom stereocenters. The Morgan fingerprint density at radius 1 is 1.15 bits per heavy atom. The maximum Gasteiger partial charge on any atom is 0.328 e. The molecule has 2 aromatic rings. The monoisotopic (exact) mass is 497 g/mol. The molecule has 10 nitrogen and oxygen atoms in total. The van der Waals surface area contributed by atoms with Gasteiger partial charge in [-0.25, -0.2) is 17.9 Å². The van der Waals surface area contributed by atoms with Crippen LogP contribution in [0.15, 0.2) is 35.2 Å². The lowest BCUT2D eigenvalue weighted by atomic mass is 10.0. The molecule has 0 bridgehead atoms. The lowest BCUT2D eigenvalue weighted by Gasteiger charge is -2.27. The highest BCUT2D eigenvalue weighted by Crippen LogP contribution is 2.35. The molecule has 12 heteroatoms. The highest BCUT2D eigenvalue weighted by Gasteiger charge is 2.29. The van der Waals surface area contributed by atoms with Gasteiger partial charge in [0.25, 0.3) is 15.9 Å². The van der Waals surface area contributed by atoms with Crippen molar-refractivity contribution >= 4 is 33.6 Å². The Bertz CT molecular complexity index is 1170. The van der Waals surface area contributed by atoms with E-state index in [4.69, 9.17) is 25.8 Å². The molecule has 1 unspecified atom stereocenters. The van der Waals surface area contributed by atoms with Gasteiger partial charge in [0.05, 0.1) is 25.8 Å². The molecule has 1 heterocycles.